The van der Waals surface area contributed by atoms with E-state index < -0.39 is 11.2 Å². The summed E-state index contributed by atoms with van der Waals surface area (Å²) in [4.78, 5) is 43.5. The summed E-state index contributed by atoms with van der Waals surface area (Å²) in [5.41, 5.74) is 1.49. The van der Waals surface area contributed by atoms with Gasteiger partial charge in [0.15, 0.2) is 0 Å². The number of thiazole rings is 1. The molecule has 2 aliphatic heterocycles. The van der Waals surface area contributed by atoms with Gasteiger partial charge in [-0.3, -0.25) is 14.4 Å². The molecule has 0 saturated carbocycles. The average molecular weight is 473 g/mol. The van der Waals surface area contributed by atoms with Crippen molar-refractivity contribution in [3.63, 3.8) is 0 Å². The first-order valence-electron chi connectivity index (χ1n) is 8.62. The van der Waals surface area contributed by atoms with E-state index >= 15 is 0 Å². The zero-order valence-corrected chi connectivity index (χ0v) is 17.5. The van der Waals surface area contributed by atoms with Crippen LogP contribution in [0.3, 0.4) is 0 Å². The zero-order chi connectivity index (χ0) is 19.4. The summed E-state index contributed by atoms with van der Waals surface area (Å²) in [6, 6.07) is 16.7. The number of thioether (sulfide) groups is 1. The molecule has 2 aliphatic rings. The van der Waals surface area contributed by atoms with Gasteiger partial charge in [0.2, 0.25) is 11.8 Å². The molecule has 0 spiro atoms. The van der Waals surface area contributed by atoms with Crippen molar-refractivity contribution in [2.24, 2.45) is 5.92 Å². The van der Waals surface area contributed by atoms with E-state index in [0.29, 0.717) is 10.7 Å². The fourth-order valence-corrected chi connectivity index (χ4v) is 6.84. The summed E-state index contributed by atoms with van der Waals surface area (Å²) in [5.74, 6) is -1.34. The molecule has 140 valence electrons. The Morgan fingerprint density at radius 2 is 1.75 bits per heavy atom. The van der Waals surface area contributed by atoms with Crippen LogP contribution in [0.5, 0.6) is 0 Å². The molecule has 2 amide bonds. The number of aromatic nitrogens is 1. The average Bonchev–Trinajstić information content (AvgIpc) is 3.17. The van der Waals surface area contributed by atoms with Crippen molar-refractivity contribution in [1.82, 2.24) is 4.98 Å². The van der Waals surface area contributed by atoms with E-state index in [1.807, 2.05) is 42.5 Å². The monoisotopic (exact) mass is 472 g/mol. The summed E-state index contributed by atoms with van der Waals surface area (Å²) in [5, 5.41) is 0.131. The van der Waals surface area contributed by atoms with Crippen LogP contribution < -0.4 is 9.77 Å². The van der Waals surface area contributed by atoms with Gasteiger partial charge in [-0.05, 0) is 29.8 Å². The molecule has 3 atom stereocenters. The van der Waals surface area contributed by atoms with Crippen LogP contribution in [0.4, 0.5) is 5.69 Å². The van der Waals surface area contributed by atoms with Crippen molar-refractivity contribution >= 4 is 56.5 Å². The highest BCUT2D eigenvalue weighted by molar-refractivity contribution is 9.10. The Hall–Kier alpha value is -2.16. The summed E-state index contributed by atoms with van der Waals surface area (Å²) in [7, 11) is 0. The molecule has 1 saturated heterocycles. The van der Waals surface area contributed by atoms with Crippen LogP contribution in [0, 0.1) is 5.92 Å². The van der Waals surface area contributed by atoms with E-state index in [9.17, 15) is 14.4 Å². The molecule has 0 aliphatic carbocycles. The highest BCUT2D eigenvalue weighted by Crippen LogP contribution is 2.53. The van der Waals surface area contributed by atoms with Crippen LogP contribution >= 0.6 is 39.0 Å². The lowest BCUT2D eigenvalue weighted by Crippen LogP contribution is -2.32. The van der Waals surface area contributed by atoms with Crippen molar-refractivity contribution in [3.8, 4) is 0 Å². The molecular weight excluding hydrogens is 460 g/mol. The van der Waals surface area contributed by atoms with Crippen LogP contribution in [-0.2, 0) is 9.59 Å². The number of nitrogens with one attached hydrogen (secondary N) is 1. The van der Waals surface area contributed by atoms with Gasteiger partial charge in [-0.25, -0.2) is 4.90 Å². The van der Waals surface area contributed by atoms with Gasteiger partial charge in [-0.1, -0.05) is 69.4 Å². The van der Waals surface area contributed by atoms with Gasteiger partial charge in [0.1, 0.15) is 5.25 Å². The van der Waals surface area contributed by atoms with Gasteiger partial charge in [-0.2, -0.15) is 0 Å². The minimum atomic E-state index is -0.561. The number of fused-ring (bicyclic) bond motifs is 2. The van der Waals surface area contributed by atoms with Crippen molar-refractivity contribution in [1.29, 1.82) is 0 Å². The predicted octanol–water partition coefficient (Wildman–Crippen LogP) is 3.99. The number of carbonyl (C=O) groups is 2. The molecule has 3 aromatic rings. The van der Waals surface area contributed by atoms with Crippen LogP contribution in [0.2, 0.25) is 0 Å². The smallest absolute Gasteiger partial charge is 0.305 e. The lowest BCUT2D eigenvalue weighted by molar-refractivity contribution is -0.122. The van der Waals surface area contributed by atoms with E-state index in [0.717, 1.165) is 26.3 Å². The van der Waals surface area contributed by atoms with Crippen LogP contribution in [0.25, 0.3) is 0 Å². The van der Waals surface area contributed by atoms with Crippen molar-refractivity contribution in [2.45, 2.75) is 16.2 Å². The zero-order valence-electron chi connectivity index (χ0n) is 14.3. The summed E-state index contributed by atoms with van der Waals surface area (Å²) >= 11 is 5.90. The number of H-pyrrole nitrogens is 1. The normalized spacial score (nSPS) is 23.6. The highest BCUT2D eigenvalue weighted by Gasteiger charge is 2.56. The molecular formula is C20H13BrN2O3S2. The molecule has 28 heavy (non-hydrogen) atoms. The molecule has 1 fully saturated rings. The lowest BCUT2D eigenvalue weighted by Gasteiger charge is -2.29. The molecule has 1 N–H and O–H groups in total. The molecule has 5 nitrogen and oxygen atoms in total. The number of anilines is 1. The maximum absolute atomic E-state index is 13.4. The largest absolute Gasteiger partial charge is 0.307 e. The summed E-state index contributed by atoms with van der Waals surface area (Å²) < 4.78 is 0.890. The third kappa shape index (κ3) is 2.70. The number of hydrogen-bond donors (Lipinski definition) is 1. The number of nitrogens with zero attached hydrogens (tertiary/aromatic N) is 1. The van der Waals surface area contributed by atoms with Crippen LogP contribution in [0.1, 0.15) is 16.4 Å². The van der Waals surface area contributed by atoms with Crippen LogP contribution in [0.15, 0.2) is 68.9 Å². The Balaban J connectivity index is 1.68. The first-order valence-corrected chi connectivity index (χ1v) is 11.1. The Kier molecular flexibility index (Phi) is 4.30. The number of hydrogen-bond acceptors (Lipinski definition) is 5. The summed E-state index contributed by atoms with van der Waals surface area (Å²) in [6.07, 6.45) is 0. The molecule has 1 aromatic heterocycles. The first-order chi connectivity index (χ1) is 13.5. The maximum Gasteiger partial charge on any atom is 0.305 e. The summed E-state index contributed by atoms with van der Waals surface area (Å²) in [6.45, 7) is 0. The van der Waals surface area contributed by atoms with E-state index in [4.69, 9.17) is 0 Å². The lowest BCUT2D eigenvalue weighted by atomic mass is 9.83. The van der Waals surface area contributed by atoms with Crippen molar-refractivity contribution in [2.75, 3.05) is 4.90 Å². The van der Waals surface area contributed by atoms with Gasteiger partial charge in [0, 0.05) is 15.3 Å². The number of carbonyl (C=O) groups excluding carboxylic acids is 2. The molecule has 0 bridgehead atoms. The highest BCUT2D eigenvalue weighted by atomic mass is 79.9. The second-order valence-corrected chi connectivity index (χ2v) is 9.73. The second-order valence-electron chi connectivity index (χ2n) is 6.65. The van der Waals surface area contributed by atoms with Gasteiger partial charge < -0.3 is 4.98 Å². The molecule has 3 heterocycles. The van der Waals surface area contributed by atoms with E-state index in [2.05, 4.69) is 20.9 Å². The van der Waals surface area contributed by atoms with Gasteiger partial charge >= 0.3 is 4.87 Å². The Morgan fingerprint density at radius 1 is 0.964 bits per heavy atom. The minimum Gasteiger partial charge on any atom is -0.307 e. The third-order valence-corrected chi connectivity index (χ3v) is 7.94. The van der Waals surface area contributed by atoms with E-state index in [-0.39, 0.29) is 22.6 Å². The molecule has 5 rings (SSSR count). The van der Waals surface area contributed by atoms with Crippen LogP contribution in [-0.4, -0.2) is 22.0 Å². The molecule has 8 heteroatoms. The number of benzene rings is 2. The Bertz CT molecular complexity index is 1160. The number of amides is 2. The quantitative estimate of drug-likeness (QED) is 0.572. The standard InChI is InChI=1S/C20H13BrN2O3S2/c21-11-6-4-5-10(9-11)13-14-16(27-17-15(13)28-20(26)22-17)19(25)23(18(14)24)12-7-2-1-3-8-12/h1-9,13-14,16H,(H,22,26)/t13-,14?,16?/m1/s1. The fourth-order valence-electron chi connectivity index (χ4n) is 3.91. The van der Waals surface area contributed by atoms with Crippen molar-refractivity contribution in [3.05, 3.63) is 79.2 Å². The minimum absolute atomic E-state index is 0.169. The molecule has 0 radical (unpaired) electrons. The Labute approximate surface area is 176 Å². The second kappa shape index (κ2) is 6.72. The number of rotatable bonds is 2. The third-order valence-electron chi connectivity index (χ3n) is 5.05. The number of aromatic amines is 1. The predicted molar refractivity (Wildman–Crippen MR) is 113 cm³/mol. The van der Waals surface area contributed by atoms with E-state index in [1.165, 1.54) is 16.7 Å². The molecule has 2 aromatic carbocycles. The number of imide groups is 1. The van der Waals surface area contributed by atoms with Crippen molar-refractivity contribution < 1.29 is 9.59 Å². The van der Waals surface area contributed by atoms with Gasteiger partial charge in [0.25, 0.3) is 0 Å². The number of para-hydroxylation sites is 1. The Morgan fingerprint density at radius 3 is 2.50 bits per heavy atom. The van der Waals surface area contributed by atoms with Gasteiger partial charge in [-0.15, -0.1) is 0 Å². The van der Waals surface area contributed by atoms with E-state index in [1.54, 1.807) is 12.1 Å². The SMILES string of the molecule is O=C1C2Sc3[nH]c(=O)sc3[C@H](c3cccc(Br)c3)C2C(=O)N1c1ccccc1. The fraction of sp³-hybridized carbons (Fsp3) is 0.150. The maximum atomic E-state index is 13.4. The molecule has 2 unspecified atom stereocenters. The van der Waals surface area contributed by atoms with Gasteiger partial charge in [0.05, 0.1) is 16.6 Å². The first kappa shape index (κ1) is 17.9. The topological polar surface area (TPSA) is 70.2 Å². The number of halogens is 1.